The summed E-state index contributed by atoms with van der Waals surface area (Å²) >= 11 is 0. The van der Waals surface area contributed by atoms with Gasteiger partial charge in [0.15, 0.2) is 5.65 Å². The fourth-order valence-corrected chi connectivity index (χ4v) is 4.04. The molecule has 29 heavy (non-hydrogen) atoms. The van der Waals surface area contributed by atoms with Crippen molar-refractivity contribution in [3.8, 4) is 0 Å². The highest BCUT2D eigenvalue weighted by Crippen LogP contribution is 2.29. The average Bonchev–Trinajstić information content (AvgIpc) is 3.28. The normalized spacial score (nSPS) is 14.6. The number of amides is 1. The predicted octanol–water partition coefficient (Wildman–Crippen LogP) is 2.38. The van der Waals surface area contributed by atoms with Crippen molar-refractivity contribution in [3.05, 3.63) is 63.8 Å². The summed E-state index contributed by atoms with van der Waals surface area (Å²) in [5, 5.41) is 4.12. The van der Waals surface area contributed by atoms with Gasteiger partial charge in [-0.25, -0.2) is 9.97 Å². The third kappa shape index (κ3) is 2.75. The topological polar surface area (TPSA) is 99.7 Å². The zero-order valence-corrected chi connectivity index (χ0v) is 16.2. The molecule has 8 nitrogen and oxygen atoms in total. The zero-order chi connectivity index (χ0) is 20.1. The molecule has 0 aromatic carbocycles. The molecule has 0 aliphatic carbocycles. The maximum atomic E-state index is 13.2. The van der Waals surface area contributed by atoms with Gasteiger partial charge in [0, 0.05) is 49.2 Å². The van der Waals surface area contributed by atoms with Gasteiger partial charge in [-0.05, 0) is 37.1 Å². The Balaban J connectivity index is 1.48. The van der Waals surface area contributed by atoms with E-state index in [1.807, 2.05) is 25.3 Å². The summed E-state index contributed by atoms with van der Waals surface area (Å²) in [7, 11) is 1.72. The first-order valence-corrected chi connectivity index (χ1v) is 9.50. The minimum atomic E-state index is -0.294. The molecular weight excluding hydrogens is 368 g/mol. The monoisotopic (exact) mass is 388 g/mol. The van der Waals surface area contributed by atoms with Crippen molar-refractivity contribution in [2.75, 3.05) is 13.1 Å². The van der Waals surface area contributed by atoms with E-state index in [-0.39, 0.29) is 11.5 Å². The molecule has 0 atom stereocenters. The van der Waals surface area contributed by atoms with E-state index in [9.17, 15) is 9.59 Å². The van der Waals surface area contributed by atoms with E-state index in [1.165, 1.54) is 5.57 Å². The molecule has 5 heterocycles. The van der Waals surface area contributed by atoms with Crippen LogP contribution in [0.1, 0.15) is 28.0 Å². The zero-order valence-electron chi connectivity index (χ0n) is 16.2. The van der Waals surface area contributed by atoms with Gasteiger partial charge in [0.25, 0.3) is 11.5 Å². The Morgan fingerprint density at radius 2 is 2.17 bits per heavy atom. The lowest BCUT2D eigenvalue weighted by molar-refractivity contribution is 0.0774. The predicted molar refractivity (Wildman–Crippen MR) is 111 cm³/mol. The molecule has 4 aromatic rings. The summed E-state index contributed by atoms with van der Waals surface area (Å²) < 4.78 is 1.56. The van der Waals surface area contributed by atoms with Gasteiger partial charge in [-0.15, -0.1) is 0 Å². The van der Waals surface area contributed by atoms with E-state index in [4.69, 9.17) is 0 Å². The van der Waals surface area contributed by atoms with Gasteiger partial charge in [-0.1, -0.05) is 6.08 Å². The van der Waals surface area contributed by atoms with Crippen LogP contribution < -0.4 is 5.56 Å². The first-order chi connectivity index (χ1) is 14.0. The second kappa shape index (κ2) is 6.44. The molecule has 0 saturated heterocycles. The number of hydrogen-bond acceptors (Lipinski definition) is 4. The van der Waals surface area contributed by atoms with Gasteiger partial charge in [0.1, 0.15) is 5.65 Å². The number of aromatic nitrogens is 5. The molecule has 5 rings (SSSR count). The van der Waals surface area contributed by atoms with Gasteiger partial charge in [0.05, 0.1) is 10.9 Å². The van der Waals surface area contributed by atoms with E-state index in [0.29, 0.717) is 35.4 Å². The summed E-state index contributed by atoms with van der Waals surface area (Å²) in [6.07, 6.45) is 6.56. The Labute approximate surface area is 165 Å². The van der Waals surface area contributed by atoms with Gasteiger partial charge in [-0.2, -0.15) is 0 Å². The Hall–Kier alpha value is -3.68. The largest absolute Gasteiger partial charge is 0.346 e. The fraction of sp³-hybridized carbons (Fsp3) is 0.238. The van der Waals surface area contributed by atoms with Crippen LogP contribution in [-0.2, 0) is 7.05 Å². The van der Waals surface area contributed by atoms with Crippen molar-refractivity contribution in [3.63, 3.8) is 0 Å². The number of nitrogens with zero attached hydrogens (tertiary/aromatic N) is 4. The number of aromatic amines is 2. The van der Waals surface area contributed by atoms with Crippen molar-refractivity contribution in [2.45, 2.75) is 13.3 Å². The molecular formula is C21H20N6O2. The molecule has 0 bridgehead atoms. The first kappa shape index (κ1) is 17.4. The number of pyridine rings is 2. The van der Waals surface area contributed by atoms with Crippen LogP contribution in [0.25, 0.3) is 27.6 Å². The highest BCUT2D eigenvalue weighted by Gasteiger charge is 2.24. The van der Waals surface area contributed by atoms with Crippen LogP contribution in [0.5, 0.6) is 0 Å². The molecule has 2 N–H and O–H groups in total. The maximum Gasteiger partial charge on any atom is 0.274 e. The first-order valence-electron chi connectivity index (χ1n) is 9.50. The minimum Gasteiger partial charge on any atom is -0.346 e. The number of nitrogens with one attached hydrogen (secondary N) is 2. The Morgan fingerprint density at radius 3 is 2.97 bits per heavy atom. The molecule has 0 spiro atoms. The lowest BCUT2D eigenvalue weighted by atomic mass is 9.99. The van der Waals surface area contributed by atoms with E-state index in [1.54, 1.807) is 28.9 Å². The maximum absolute atomic E-state index is 13.2. The van der Waals surface area contributed by atoms with E-state index in [2.05, 4.69) is 26.1 Å². The van der Waals surface area contributed by atoms with Crippen molar-refractivity contribution in [1.82, 2.24) is 29.6 Å². The smallest absolute Gasteiger partial charge is 0.274 e. The molecule has 1 amide bonds. The van der Waals surface area contributed by atoms with Crippen LogP contribution in [0.2, 0.25) is 0 Å². The van der Waals surface area contributed by atoms with Gasteiger partial charge < -0.3 is 9.88 Å². The van der Waals surface area contributed by atoms with E-state index < -0.39 is 0 Å². The third-order valence-electron chi connectivity index (χ3n) is 5.47. The van der Waals surface area contributed by atoms with Gasteiger partial charge in [0.2, 0.25) is 0 Å². The molecule has 0 radical (unpaired) electrons. The standard InChI is InChI=1S/C21H20N6O2/c1-12-10-15(17-19(24-12)26(2)25-20(17)28)21(29)27-8-5-13(6-9-27)16-11-23-18-14(16)4-3-7-22-18/h3-5,7,10-11H,6,8-9H2,1-2H3,(H,22,23)(H,25,28). The number of hydrogen-bond donors (Lipinski definition) is 2. The van der Waals surface area contributed by atoms with Crippen molar-refractivity contribution in [2.24, 2.45) is 7.05 Å². The molecule has 0 fully saturated rings. The SMILES string of the molecule is Cc1cc(C(=O)N2CC=C(c3c[nH]c4ncccc34)CC2)c2c(=O)[nH]n(C)c2n1. The quantitative estimate of drug-likeness (QED) is 0.551. The second-order valence-corrected chi connectivity index (χ2v) is 7.34. The summed E-state index contributed by atoms with van der Waals surface area (Å²) in [4.78, 5) is 39.3. The molecule has 0 unspecified atom stereocenters. The van der Waals surface area contributed by atoms with Crippen LogP contribution in [-0.4, -0.2) is 48.6 Å². The molecule has 0 saturated carbocycles. The van der Waals surface area contributed by atoms with Crippen molar-refractivity contribution in [1.29, 1.82) is 0 Å². The highest BCUT2D eigenvalue weighted by molar-refractivity contribution is 6.05. The number of fused-ring (bicyclic) bond motifs is 2. The van der Waals surface area contributed by atoms with Crippen LogP contribution in [0.3, 0.4) is 0 Å². The number of carbonyl (C=O) groups excluding carboxylic acids is 1. The van der Waals surface area contributed by atoms with Crippen molar-refractivity contribution < 1.29 is 4.79 Å². The Kier molecular flexibility index (Phi) is 3.87. The number of carbonyl (C=O) groups is 1. The number of rotatable bonds is 2. The third-order valence-corrected chi connectivity index (χ3v) is 5.47. The lowest BCUT2D eigenvalue weighted by Crippen LogP contribution is -2.35. The van der Waals surface area contributed by atoms with Gasteiger partial charge in [-0.3, -0.25) is 19.4 Å². The summed E-state index contributed by atoms with van der Waals surface area (Å²) in [5.41, 5.74) is 4.50. The van der Waals surface area contributed by atoms with Crippen molar-refractivity contribution >= 4 is 33.5 Å². The molecule has 146 valence electrons. The second-order valence-electron chi connectivity index (χ2n) is 7.34. The Morgan fingerprint density at radius 1 is 1.31 bits per heavy atom. The molecule has 4 aromatic heterocycles. The van der Waals surface area contributed by atoms with E-state index in [0.717, 1.165) is 23.0 Å². The van der Waals surface area contributed by atoms with Crippen LogP contribution in [0.15, 0.2) is 41.5 Å². The molecule has 1 aliphatic rings. The Bertz CT molecular complexity index is 1360. The van der Waals surface area contributed by atoms with E-state index >= 15 is 0 Å². The molecule has 1 aliphatic heterocycles. The van der Waals surface area contributed by atoms with Gasteiger partial charge >= 0.3 is 0 Å². The number of aryl methyl sites for hydroxylation is 2. The number of H-pyrrole nitrogens is 2. The summed E-state index contributed by atoms with van der Waals surface area (Å²) in [6, 6.07) is 5.67. The average molecular weight is 388 g/mol. The van der Waals surface area contributed by atoms with Crippen LogP contribution in [0.4, 0.5) is 0 Å². The fourth-order valence-electron chi connectivity index (χ4n) is 4.04. The van der Waals surface area contributed by atoms with Crippen LogP contribution in [0, 0.1) is 6.92 Å². The highest BCUT2D eigenvalue weighted by atomic mass is 16.2. The summed E-state index contributed by atoms with van der Waals surface area (Å²) in [6.45, 7) is 2.91. The lowest BCUT2D eigenvalue weighted by Gasteiger charge is -2.26. The van der Waals surface area contributed by atoms with Crippen LogP contribution >= 0.6 is 0 Å². The minimum absolute atomic E-state index is 0.145. The summed E-state index contributed by atoms with van der Waals surface area (Å²) in [5.74, 6) is -0.145. The molecule has 8 heteroatoms.